The fourth-order valence-electron chi connectivity index (χ4n) is 3.84. The molecule has 4 rings (SSSR count). The molecule has 2 fully saturated rings. The van der Waals surface area contributed by atoms with E-state index >= 15 is 0 Å². The van der Waals surface area contributed by atoms with Gasteiger partial charge in [0.15, 0.2) is 0 Å². The molecule has 3 heterocycles. The fraction of sp³-hybridized carbons (Fsp3) is 0.474. The van der Waals surface area contributed by atoms with Crippen molar-refractivity contribution in [2.24, 2.45) is 0 Å². The molecule has 150 valence electrons. The highest BCUT2D eigenvalue weighted by atomic mass is 32.2. The normalized spacial score (nSPS) is 22.8. The molecule has 2 aromatic rings. The Morgan fingerprint density at radius 1 is 1.18 bits per heavy atom. The van der Waals surface area contributed by atoms with Crippen LogP contribution in [0, 0.1) is 5.82 Å². The second kappa shape index (κ2) is 7.73. The number of hydrogen-bond donors (Lipinski definition) is 0. The molecule has 0 radical (unpaired) electrons. The van der Waals surface area contributed by atoms with Crippen LogP contribution in [0.15, 0.2) is 47.8 Å². The molecule has 7 nitrogen and oxygen atoms in total. The zero-order chi connectivity index (χ0) is 19.6. The standard InChI is InChI=1S/C19H22FN3O4S/c20-15-1-3-17(4-2-15)28(24,25)23-10-6-19(7-11-23)13-16(5-12-26-19)27-18-14-21-8-9-22-18/h1-4,8-9,14,16H,5-7,10-13H2. The van der Waals surface area contributed by atoms with E-state index in [2.05, 4.69) is 9.97 Å². The van der Waals surface area contributed by atoms with E-state index in [0.717, 1.165) is 18.6 Å². The summed E-state index contributed by atoms with van der Waals surface area (Å²) in [5.74, 6) is 0.0298. The number of ether oxygens (including phenoxy) is 2. The number of halogens is 1. The Labute approximate surface area is 163 Å². The van der Waals surface area contributed by atoms with Gasteiger partial charge in [-0.05, 0) is 37.1 Å². The highest BCUT2D eigenvalue weighted by Crippen LogP contribution is 2.37. The average Bonchev–Trinajstić information content (AvgIpc) is 2.70. The molecule has 0 amide bonds. The molecule has 2 saturated heterocycles. The van der Waals surface area contributed by atoms with Crippen LogP contribution in [0.5, 0.6) is 5.88 Å². The van der Waals surface area contributed by atoms with Crippen LogP contribution in [0.2, 0.25) is 0 Å². The van der Waals surface area contributed by atoms with Gasteiger partial charge in [-0.25, -0.2) is 17.8 Å². The SMILES string of the molecule is O=S(=O)(c1ccc(F)cc1)N1CCC2(CC1)CC(Oc1cnccn1)CCO2. The predicted molar refractivity (Wildman–Crippen MR) is 98.8 cm³/mol. The quantitative estimate of drug-likeness (QED) is 0.774. The maximum absolute atomic E-state index is 13.1. The van der Waals surface area contributed by atoms with Gasteiger partial charge in [-0.1, -0.05) is 0 Å². The maximum Gasteiger partial charge on any atom is 0.243 e. The monoisotopic (exact) mass is 407 g/mol. The van der Waals surface area contributed by atoms with Gasteiger partial charge in [0.05, 0.1) is 23.3 Å². The Bertz CT molecular complexity index is 901. The Hall–Kier alpha value is -2.10. The van der Waals surface area contributed by atoms with E-state index < -0.39 is 15.8 Å². The van der Waals surface area contributed by atoms with Crippen LogP contribution < -0.4 is 4.74 Å². The molecule has 0 N–H and O–H groups in total. The summed E-state index contributed by atoms with van der Waals surface area (Å²) in [5, 5.41) is 0. The Morgan fingerprint density at radius 2 is 1.93 bits per heavy atom. The minimum Gasteiger partial charge on any atom is -0.473 e. The van der Waals surface area contributed by atoms with Crippen LogP contribution >= 0.6 is 0 Å². The van der Waals surface area contributed by atoms with Crippen molar-refractivity contribution in [1.29, 1.82) is 0 Å². The second-order valence-electron chi connectivity index (χ2n) is 7.17. The van der Waals surface area contributed by atoms with E-state index in [1.54, 1.807) is 18.6 Å². The van der Waals surface area contributed by atoms with Gasteiger partial charge in [0.2, 0.25) is 15.9 Å². The van der Waals surface area contributed by atoms with Crippen molar-refractivity contribution in [1.82, 2.24) is 14.3 Å². The van der Waals surface area contributed by atoms with Crippen LogP contribution in [0.4, 0.5) is 4.39 Å². The van der Waals surface area contributed by atoms with Crippen molar-refractivity contribution in [2.45, 2.75) is 42.3 Å². The first-order valence-electron chi connectivity index (χ1n) is 9.29. The van der Waals surface area contributed by atoms with Crippen LogP contribution in [-0.2, 0) is 14.8 Å². The van der Waals surface area contributed by atoms with Gasteiger partial charge < -0.3 is 9.47 Å². The Morgan fingerprint density at radius 3 is 2.61 bits per heavy atom. The first kappa shape index (κ1) is 19.2. The van der Waals surface area contributed by atoms with Crippen molar-refractivity contribution in [3.8, 4) is 5.88 Å². The van der Waals surface area contributed by atoms with E-state index in [0.29, 0.717) is 44.8 Å². The molecule has 0 aliphatic carbocycles. The molecule has 1 atom stereocenters. The molecular formula is C19H22FN3O4S. The number of rotatable bonds is 4. The van der Waals surface area contributed by atoms with Crippen LogP contribution in [0.3, 0.4) is 0 Å². The highest BCUT2D eigenvalue weighted by molar-refractivity contribution is 7.89. The summed E-state index contributed by atoms with van der Waals surface area (Å²) in [6, 6.07) is 4.93. The molecule has 1 aromatic heterocycles. The van der Waals surface area contributed by atoms with E-state index in [9.17, 15) is 12.8 Å². The van der Waals surface area contributed by atoms with Crippen LogP contribution in [-0.4, -0.2) is 54.1 Å². The van der Waals surface area contributed by atoms with Gasteiger partial charge >= 0.3 is 0 Å². The van der Waals surface area contributed by atoms with E-state index in [4.69, 9.17) is 9.47 Å². The summed E-state index contributed by atoms with van der Waals surface area (Å²) in [4.78, 5) is 8.27. The lowest BCUT2D eigenvalue weighted by molar-refractivity contribution is -0.133. The van der Waals surface area contributed by atoms with E-state index in [-0.39, 0.29) is 16.6 Å². The second-order valence-corrected chi connectivity index (χ2v) is 9.10. The summed E-state index contributed by atoms with van der Waals surface area (Å²) in [5.41, 5.74) is -0.389. The van der Waals surface area contributed by atoms with Crippen molar-refractivity contribution in [3.63, 3.8) is 0 Å². The number of piperidine rings is 1. The first-order valence-corrected chi connectivity index (χ1v) is 10.7. The predicted octanol–water partition coefficient (Wildman–Crippen LogP) is 2.40. The molecule has 9 heteroatoms. The van der Waals surface area contributed by atoms with Gasteiger partial charge in [-0.15, -0.1) is 0 Å². The largest absolute Gasteiger partial charge is 0.473 e. The van der Waals surface area contributed by atoms with E-state index in [1.807, 2.05) is 0 Å². The third-order valence-corrected chi connectivity index (χ3v) is 7.27. The molecule has 2 aliphatic rings. The third kappa shape index (κ3) is 4.01. The number of hydrogen-bond acceptors (Lipinski definition) is 6. The summed E-state index contributed by atoms with van der Waals surface area (Å²) in [7, 11) is -3.63. The zero-order valence-corrected chi connectivity index (χ0v) is 16.1. The molecule has 1 unspecified atom stereocenters. The number of sulfonamides is 1. The van der Waals surface area contributed by atoms with Gasteiger partial charge in [-0.3, -0.25) is 4.98 Å². The van der Waals surface area contributed by atoms with Gasteiger partial charge in [0.25, 0.3) is 0 Å². The molecule has 2 aliphatic heterocycles. The maximum atomic E-state index is 13.1. The Balaban J connectivity index is 1.40. The van der Waals surface area contributed by atoms with Gasteiger partial charge in [-0.2, -0.15) is 4.31 Å². The number of nitrogens with zero attached hydrogens (tertiary/aromatic N) is 3. The van der Waals surface area contributed by atoms with Crippen molar-refractivity contribution < 1.29 is 22.3 Å². The average molecular weight is 407 g/mol. The molecule has 1 spiro atoms. The molecule has 28 heavy (non-hydrogen) atoms. The lowest BCUT2D eigenvalue weighted by Crippen LogP contribution is -2.52. The number of aromatic nitrogens is 2. The van der Waals surface area contributed by atoms with Crippen LogP contribution in [0.25, 0.3) is 0 Å². The van der Waals surface area contributed by atoms with Crippen molar-refractivity contribution in [3.05, 3.63) is 48.7 Å². The van der Waals surface area contributed by atoms with Crippen molar-refractivity contribution in [2.75, 3.05) is 19.7 Å². The summed E-state index contributed by atoms with van der Waals surface area (Å²) >= 11 is 0. The van der Waals surface area contributed by atoms with Crippen LogP contribution in [0.1, 0.15) is 25.7 Å². The molecule has 1 aromatic carbocycles. The lowest BCUT2D eigenvalue weighted by atomic mass is 9.84. The summed E-state index contributed by atoms with van der Waals surface area (Å²) in [6.45, 7) is 1.28. The highest BCUT2D eigenvalue weighted by Gasteiger charge is 2.43. The molecule has 0 bridgehead atoms. The minimum atomic E-state index is -3.63. The van der Waals surface area contributed by atoms with Crippen molar-refractivity contribution >= 4 is 10.0 Å². The lowest BCUT2D eigenvalue weighted by Gasteiger charge is -2.45. The third-order valence-electron chi connectivity index (χ3n) is 5.36. The first-order chi connectivity index (χ1) is 13.5. The zero-order valence-electron chi connectivity index (χ0n) is 15.3. The smallest absolute Gasteiger partial charge is 0.243 e. The summed E-state index contributed by atoms with van der Waals surface area (Å²) in [6.07, 6.45) is 7.36. The summed E-state index contributed by atoms with van der Waals surface area (Å²) < 4.78 is 52.2. The van der Waals surface area contributed by atoms with Gasteiger partial charge in [0.1, 0.15) is 11.9 Å². The molecule has 0 saturated carbocycles. The minimum absolute atomic E-state index is 0.0364. The Kier molecular flexibility index (Phi) is 5.31. The topological polar surface area (TPSA) is 81.6 Å². The number of benzene rings is 1. The van der Waals surface area contributed by atoms with E-state index in [1.165, 1.54) is 16.4 Å². The fourth-order valence-corrected chi connectivity index (χ4v) is 5.28. The molecular weight excluding hydrogens is 385 g/mol. The van der Waals surface area contributed by atoms with Gasteiger partial charge in [0, 0.05) is 38.3 Å².